The Morgan fingerprint density at radius 1 is 1.41 bits per heavy atom. The number of carboxylic acids is 1. The molecule has 0 aromatic carbocycles. The molecule has 4 aliphatic rings. The fourth-order valence-corrected chi connectivity index (χ4v) is 6.25. The molecule has 1 aromatic heterocycles. The Kier molecular flexibility index (Phi) is 8.08. The standard InChI is InChI=1S/C26H36ClN5O5/c1-5-20(25(35)36)37-21-11-28-7-6-15(21)10-29-22(33)13-32-12-18(27)23(24(34)31-32)30-19-9-16-8-17(14(19)2)26(16,3)4/h6-7,11,14,16-20H,5,8-10,12-13H2,1-4H3,(H,29,33)(H,31,34)(H,35,36)/t14-,16+,17-,18?,19-,20?/m1/s1. The molecule has 2 bridgehead atoms. The predicted molar refractivity (Wildman–Crippen MR) is 138 cm³/mol. The minimum atomic E-state index is -1.07. The van der Waals surface area contributed by atoms with Crippen molar-refractivity contribution in [3.63, 3.8) is 0 Å². The van der Waals surface area contributed by atoms with E-state index in [2.05, 4.69) is 36.5 Å². The number of ether oxygens (including phenoxy) is 1. The number of nitrogens with zero attached hydrogens (tertiary/aromatic N) is 3. The van der Waals surface area contributed by atoms with Crippen LogP contribution < -0.4 is 15.5 Å². The number of rotatable bonds is 9. The van der Waals surface area contributed by atoms with Gasteiger partial charge in [-0.3, -0.25) is 25.0 Å². The highest BCUT2D eigenvalue weighted by molar-refractivity contribution is 6.51. The van der Waals surface area contributed by atoms with Crippen LogP contribution in [0.2, 0.25) is 0 Å². The van der Waals surface area contributed by atoms with Crippen molar-refractivity contribution in [1.29, 1.82) is 0 Å². The molecule has 5 rings (SSSR count). The van der Waals surface area contributed by atoms with Gasteiger partial charge >= 0.3 is 5.97 Å². The van der Waals surface area contributed by atoms with Gasteiger partial charge in [0.05, 0.1) is 24.2 Å². The Labute approximate surface area is 222 Å². The topological polar surface area (TPSA) is 133 Å². The molecule has 2 amide bonds. The van der Waals surface area contributed by atoms with Gasteiger partial charge in [0.15, 0.2) is 6.10 Å². The first-order valence-corrected chi connectivity index (χ1v) is 13.3. The van der Waals surface area contributed by atoms with E-state index in [1.54, 1.807) is 13.0 Å². The second-order valence-electron chi connectivity index (χ2n) is 10.9. The molecule has 4 fully saturated rings. The van der Waals surface area contributed by atoms with Crippen molar-refractivity contribution in [2.75, 3.05) is 13.1 Å². The Hall–Kier alpha value is -2.72. The van der Waals surface area contributed by atoms with Gasteiger partial charge in [0.2, 0.25) is 5.91 Å². The quantitative estimate of drug-likeness (QED) is 0.415. The molecule has 3 N–H and O–H groups in total. The zero-order valence-corrected chi connectivity index (χ0v) is 22.5. The number of pyridine rings is 1. The monoisotopic (exact) mass is 533 g/mol. The van der Waals surface area contributed by atoms with Crippen LogP contribution in [0.25, 0.3) is 0 Å². The van der Waals surface area contributed by atoms with Crippen molar-refractivity contribution in [3.05, 3.63) is 24.0 Å². The molecule has 0 spiro atoms. The highest BCUT2D eigenvalue weighted by Gasteiger charge is 2.56. The number of hydrogen-bond donors (Lipinski definition) is 3. The van der Waals surface area contributed by atoms with E-state index < -0.39 is 17.5 Å². The molecule has 1 saturated heterocycles. The highest BCUT2D eigenvalue weighted by atomic mass is 35.5. The Morgan fingerprint density at radius 2 is 2.16 bits per heavy atom. The van der Waals surface area contributed by atoms with Crippen LogP contribution in [0.4, 0.5) is 0 Å². The molecule has 11 heteroatoms. The molecule has 2 unspecified atom stereocenters. The highest BCUT2D eigenvalue weighted by Crippen LogP contribution is 2.61. The van der Waals surface area contributed by atoms with Crippen molar-refractivity contribution in [2.24, 2.45) is 28.2 Å². The number of aliphatic imine (C=N–C) groups is 1. The van der Waals surface area contributed by atoms with Crippen molar-refractivity contribution in [1.82, 2.24) is 20.7 Å². The van der Waals surface area contributed by atoms with Crippen LogP contribution >= 0.6 is 11.6 Å². The van der Waals surface area contributed by atoms with E-state index in [-0.39, 0.29) is 43.9 Å². The van der Waals surface area contributed by atoms with Crippen molar-refractivity contribution in [3.8, 4) is 5.75 Å². The van der Waals surface area contributed by atoms with Gasteiger partial charge in [-0.15, -0.1) is 11.6 Å². The van der Waals surface area contributed by atoms with Crippen LogP contribution in [0.15, 0.2) is 23.5 Å². The summed E-state index contributed by atoms with van der Waals surface area (Å²) < 4.78 is 5.56. The van der Waals surface area contributed by atoms with Crippen molar-refractivity contribution in [2.45, 2.75) is 71.0 Å². The predicted octanol–water partition coefficient (Wildman–Crippen LogP) is 2.41. The molecule has 2 heterocycles. The number of hydrogen-bond acceptors (Lipinski definition) is 7. The Morgan fingerprint density at radius 3 is 2.78 bits per heavy atom. The van der Waals surface area contributed by atoms with Gasteiger partial charge in [-0.25, -0.2) is 9.80 Å². The number of carbonyl (C=O) groups excluding carboxylic acids is 2. The van der Waals surface area contributed by atoms with Crippen LogP contribution in [-0.2, 0) is 20.9 Å². The molecule has 10 nitrogen and oxygen atoms in total. The number of fused-ring (bicyclic) bond motifs is 2. The first kappa shape index (κ1) is 27.3. The number of aromatic nitrogens is 1. The number of amides is 2. The van der Waals surface area contributed by atoms with E-state index in [0.717, 1.165) is 6.42 Å². The van der Waals surface area contributed by atoms with Gasteiger partial charge in [-0.1, -0.05) is 27.7 Å². The first-order valence-electron chi connectivity index (χ1n) is 12.9. The van der Waals surface area contributed by atoms with Crippen LogP contribution in [0, 0.1) is 23.2 Å². The number of nitrogens with one attached hydrogen (secondary N) is 2. The van der Waals surface area contributed by atoms with E-state index in [1.807, 2.05) is 0 Å². The van der Waals surface area contributed by atoms with Gasteiger partial charge < -0.3 is 15.2 Å². The number of hydrazine groups is 1. The van der Waals surface area contributed by atoms with Gasteiger partial charge in [0.25, 0.3) is 5.91 Å². The smallest absolute Gasteiger partial charge is 0.344 e. The average molecular weight is 534 g/mol. The number of halogens is 1. The third-order valence-corrected chi connectivity index (χ3v) is 8.73. The largest absolute Gasteiger partial charge is 0.479 e. The van der Waals surface area contributed by atoms with Gasteiger partial charge in [0, 0.05) is 24.8 Å². The van der Waals surface area contributed by atoms with E-state index >= 15 is 0 Å². The molecular formula is C26H36ClN5O5. The van der Waals surface area contributed by atoms with Crippen LogP contribution in [-0.4, -0.2) is 69.2 Å². The van der Waals surface area contributed by atoms with Crippen molar-refractivity contribution < 1.29 is 24.2 Å². The average Bonchev–Trinajstić information content (AvgIpc) is 2.84. The third kappa shape index (κ3) is 5.75. The Balaban J connectivity index is 1.30. The maximum atomic E-state index is 12.8. The van der Waals surface area contributed by atoms with Crippen LogP contribution in [0.1, 0.15) is 52.5 Å². The zero-order valence-electron chi connectivity index (χ0n) is 21.7. The molecule has 3 aliphatic carbocycles. The SMILES string of the molecule is CCC(Oc1cnccc1CNC(=O)CN1CC(Cl)C(=N[C@@H]2C[C@@H]3C[C@H]([C@H]2C)C3(C)C)C(=O)N1)C(=O)O. The summed E-state index contributed by atoms with van der Waals surface area (Å²) in [7, 11) is 0. The fraction of sp³-hybridized carbons (Fsp3) is 0.654. The fourth-order valence-electron chi connectivity index (χ4n) is 5.93. The third-order valence-electron chi connectivity index (χ3n) is 8.38. The molecule has 3 saturated carbocycles. The number of alkyl halides is 1. The summed E-state index contributed by atoms with van der Waals surface area (Å²) in [5.41, 5.74) is 4.02. The number of aliphatic carboxylic acids is 1. The molecule has 37 heavy (non-hydrogen) atoms. The molecule has 202 valence electrons. The van der Waals surface area contributed by atoms with E-state index in [9.17, 15) is 19.5 Å². The summed E-state index contributed by atoms with van der Waals surface area (Å²) >= 11 is 6.57. The maximum Gasteiger partial charge on any atom is 0.344 e. The molecule has 0 radical (unpaired) electrons. The maximum absolute atomic E-state index is 12.8. The normalized spacial score (nSPS) is 30.7. The lowest BCUT2D eigenvalue weighted by Crippen LogP contribution is -2.60. The second-order valence-corrected chi connectivity index (χ2v) is 11.5. The van der Waals surface area contributed by atoms with Crippen molar-refractivity contribution >= 4 is 35.1 Å². The van der Waals surface area contributed by atoms with Gasteiger partial charge in [-0.2, -0.15) is 0 Å². The second kappa shape index (κ2) is 10.9. The molecule has 1 aliphatic heterocycles. The lowest BCUT2D eigenvalue weighted by Gasteiger charge is -2.61. The number of carboxylic acid groups (broad SMARTS) is 1. The summed E-state index contributed by atoms with van der Waals surface area (Å²) in [6, 6.07) is 1.75. The minimum absolute atomic E-state index is 0.0889. The lowest BCUT2D eigenvalue weighted by molar-refractivity contribution is -0.145. The molecule has 6 atom stereocenters. The molecule has 1 aromatic rings. The summed E-state index contributed by atoms with van der Waals surface area (Å²) in [5.74, 6) is 0.173. The zero-order chi connectivity index (χ0) is 26.9. The molecular weight excluding hydrogens is 498 g/mol. The summed E-state index contributed by atoms with van der Waals surface area (Å²) in [6.45, 7) is 8.88. The van der Waals surface area contributed by atoms with E-state index in [0.29, 0.717) is 40.2 Å². The minimum Gasteiger partial charge on any atom is -0.479 e. The number of carbonyl (C=O) groups is 3. The summed E-state index contributed by atoms with van der Waals surface area (Å²) in [6.07, 6.45) is 4.46. The summed E-state index contributed by atoms with van der Waals surface area (Å²) in [4.78, 5) is 45.5. The van der Waals surface area contributed by atoms with Gasteiger partial charge in [0.1, 0.15) is 11.5 Å². The lowest BCUT2D eigenvalue weighted by atomic mass is 9.45. The van der Waals surface area contributed by atoms with Crippen LogP contribution in [0.5, 0.6) is 5.75 Å². The summed E-state index contributed by atoms with van der Waals surface area (Å²) in [5, 5.41) is 12.9. The van der Waals surface area contributed by atoms with Crippen LogP contribution in [0.3, 0.4) is 0 Å². The van der Waals surface area contributed by atoms with E-state index in [4.69, 9.17) is 21.3 Å². The van der Waals surface area contributed by atoms with Gasteiger partial charge in [-0.05, 0) is 48.5 Å². The Bertz CT molecular complexity index is 1080. The first-order chi connectivity index (χ1) is 17.5. The van der Waals surface area contributed by atoms with E-state index in [1.165, 1.54) is 23.8 Å².